The quantitative estimate of drug-likeness (QED) is 0.219. The lowest BCUT2D eigenvalue weighted by Crippen LogP contribution is -2.60. The number of nitrogens with zero attached hydrogens (tertiary/aromatic N) is 7. The summed E-state index contributed by atoms with van der Waals surface area (Å²) in [6.45, 7) is 14.1. The Morgan fingerprint density at radius 1 is 1.22 bits per heavy atom. The molecule has 50 heavy (non-hydrogen) atoms. The summed E-state index contributed by atoms with van der Waals surface area (Å²) in [6.07, 6.45) is 6.42. The molecule has 0 saturated carbocycles. The molecule has 1 amide bonds. The van der Waals surface area contributed by atoms with E-state index in [9.17, 15) is 14.4 Å². The molecule has 12 heteroatoms. The van der Waals surface area contributed by atoms with Gasteiger partial charge in [-0.2, -0.15) is 5.26 Å². The van der Waals surface area contributed by atoms with Crippen molar-refractivity contribution in [2.45, 2.75) is 59.5 Å². The molecule has 2 aromatic heterocycles. The average Bonchev–Trinajstić information content (AvgIpc) is 3.50. The van der Waals surface area contributed by atoms with Gasteiger partial charge in [-0.25, -0.2) is 9.37 Å². The normalized spacial score (nSPS) is 17.5. The van der Waals surface area contributed by atoms with Crippen LogP contribution in [-0.2, 0) is 11.3 Å². The maximum Gasteiger partial charge on any atom is 0.282 e. The van der Waals surface area contributed by atoms with Gasteiger partial charge in [-0.15, -0.1) is 10.2 Å². The van der Waals surface area contributed by atoms with Crippen molar-refractivity contribution in [2.75, 3.05) is 50.8 Å². The number of nitriles is 1. The molecule has 0 unspecified atom stereocenters. The van der Waals surface area contributed by atoms with Crippen LogP contribution in [-0.4, -0.2) is 87.9 Å². The minimum absolute atomic E-state index is 0.0570. The van der Waals surface area contributed by atoms with Crippen molar-refractivity contribution in [3.8, 4) is 17.7 Å². The zero-order chi connectivity index (χ0) is 35.0. The number of ether oxygens (including phenoxy) is 2. The number of rotatable bonds is 9. The summed E-state index contributed by atoms with van der Waals surface area (Å²) in [5.74, 6) is 0.155. The van der Waals surface area contributed by atoms with Crippen LogP contribution in [0, 0.1) is 29.5 Å². The van der Waals surface area contributed by atoms with E-state index in [-0.39, 0.29) is 34.6 Å². The number of fused-ring (bicyclic) bond motifs is 1. The number of benzene rings is 2. The largest absolute Gasteiger partial charge is 0.434 e. The maximum absolute atomic E-state index is 14.3. The molecule has 3 aliphatic heterocycles. The van der Waals surface area contributed by atoms with Gasteiger partial charge in [-0.05, 0) is 101 Å². The number of hydrogen-bond donors (Lipinski definition) is 1. The first kappa shape index (κ1) is 33.6. The summed E-state index contributed by atoms with van der Waals surface area (Å²) in [4.78, 5) is 27.6. The molecule has 0 radical (unpaired) electrons. The monoisotopic (exact) mass is 678 g/mol. The molecule has 11 nitrogen and oxygen atoms in total. The number of halogens is 1. The number of carbonyl (C=O) groups is 1. The number of aryl methyl sites for hydroxylation is 1. The molecule has 0 atom stereocenters. The number of H-pyrrole nitrogens is 1. The van der Waals surface area contributed by atoms with Crippen LogP contribution in [0.2, 0.25) is 0 Å². The Morgan fingerprint density at radius 2 is 2.02 bits per heavy atom. The number of likely N-dealkylation sites (tertiary alicyclic amines) is 1. The summed E-state index contributed by atoms with van der Waals surface area (Å²) in [6, 6.07) is 10.6. The molecule has 7 rings (SSSR count). The standard InChI is InChI=1S/C38H43FN8O3/c1-5-47(24(2)3)37(48)29-18-28(39)7-9-32(29)50-36-35(41-23-42-44-36)46-21-38(22-46)12-14-45(15-13-38)20-27-6-8-30-33(25(27)4)34(31(19-40)43-30)26-10-16-49-17-11-26/h6-10,18,23-24,43H,5,11-17,20-22H2,1-4H3. The number of hydrogen-bond acceptors (Lipinski definition) is 9. The number of piperidine rings is 1. The first-order valence-corrected chi connectivity index (χ1v) is 17.4. The highest BCUT2D eigenvalue weighted by atomic mass is 19.1. The second-order valence-corrected chi connectivity index (χ2v) is 14.0. The molecule has 3 aliphatic rings. The smallest absolute Gasteiger partial charge is 0.282 e. The van der Waals surface area contributed by atoms with Crippen LogP contribution in [0.15, 0.2) is 42.7 Å². The van der Waals surface area contributed by atoms with Gasteiger partial charge in [0.15, 0.2) is 5.82 Å². The van der Waals surface area contributed by atoms with Crippen LogP contribution in [0.1, 0.15) is 72.8 Å². The number of aromatic amines is 1. The van der Waals surface area contributed by atoms with E-state index in [0.29, 0.717) is 31.3 Å². The van der Waals surface area contributed by atoms with Crippen molar-refractivity contribution >= 4 is 28.2 Å². The Labute approximate surface area is 291 Å². The number of nitrogens with one attached hydrogen (secondary N) is 1. The molecule has 1 spiro atoms. The molecule has 1 N–H and O–H groups in total. The predicted molar refractivity (Wildman–Crippen MR) is 188 cm³/mol. The molecule has 260 valence electrons. The van der Waals surface area contributed by atoms with Crippen molar-refractivity contribution in [2.24, 2.45) is 5.41 Å². The molecule has 5 heterocycles. The van der Waals surface area contributed by atoms with Crippen LogP contribution >= 0.6 is 0 Å². The first-order valence-electron chi connectivity index (χ1n) is 17.4. The van der Waals surface area contributed by atoms with E-state index in [1.165, 1.54) is 41.2 Å². The number of anilines is 1. The highest BCUT2D eigenvalue weighted by Crippen LogP contribution is 2.45. The van der Waals surface area contributed by atoms with E-state index in [4.69, 9.17) is 9.47 Å². The van der Waals surface area contributed by atoms with Crippen LogP contribution in [0.5, 0.6) is 11.6 Å². The second kappa shape index (κ2) is 13.8. The fourth-order valence-corrected chi connectivity index (χ4v) is 7.79. The van der Waals surface area contributed by atoms with Gasteiger partial charge in [-0.1, -0.05) is 12.1 Å². The number of amides is 1. The Bertz CT molecular complexity index is 1980. The third-order valence-electron chi connectivity index (χ3n) is 10.6. The van der Waals surface area contributed by atoms with Crippen LogP contribution in [0.25, 0.3) is 16.5 Å². The van der Waals surface area contributed by atoms with Crippen LogP contribution in [0.4, 0.5) is 10.2 Å². The highest BCUT2D eigenvalue weighted by molar-refractivity contribution is 5.98. The van der Waals surface area contributed by atoms with Crippen molar-refractivity contribution < 1.29 is 18.7 Å². The van der Waals surface area contributed by atoms with Gasteiger partial charge in [0.2, 0.25) is 0 Å². The van der Waals surface area contributed by atoms with Crippen molar-refractivity contribution in [1.82, 2.24) is 30.0 Å². The third-order valence-corrected chi connectivity index (χ3v) is 10.6. The Kier molecular flexibility index (Phi) is 9.28. The molecular weight excluding hydrogens is 635 g/mol. The Morgan fingerprint density at radius 3 is 2.72 bits per heavy atom. The summed E-state index contributed by atoms with van der Waals surface area (Å²) in [5, 5.41) is 19.2. The molecular formula is C38H43FN8O3. The van der Waals surface area contributed by atoms with E-state index < -0.39 is 5.82 Å². The molecule has 0 aliphatic carbocycles. The zero-order valence-electron chi connectivity index (χ0n) is 29.1. The Hall–Kier alpha value is -4.86. The summed E-state index contributed by atoms with van der Waals surface area (Å²) in [5.41, 5.74) is 6.64. The summed E-state index contributed by atoms with van der Waals surface area (Å²) >= 11 is 0. The second-order valence-electron chi connectivity index (χ2n) is 14.0. The van der Waals surface area contributed by atoms with Gasteiger partial charge in [0, 0.05) is 54.1 Å². The first-order chi connectivity index (χ1) is 24.2. The van der Waals surface area contributed by atoms with Gasteiger partial charge in [0.1, 0.15) is 29.7 Å². The van der Waals surface area contributed by atoms with Gasteiger partial charge in [0.25, 0.3) is 11.8 Å². The lowest BCUT2D eigenvalue weighted by atomic mass is 9.72. The van der Waals surface area contributed by atoms with Crippen LogP contribution in [0.3, 0.4) is 0 Å². The highest BCUT2D eigenvalue weighted by Gasteiger charge is 2.46. The van der Waals surface area contributed by atoms with E-state index in [2.05, 4.69) is 61.2 Å². The molecule has 2 saturated heterocycles. The minimum Gasteiger partial charge on any atom is -0.434 e. The molecule has 4 aromatic rings. The Balaban J connectivity index is 1.02. The van der Waals surface area contributed by atoms with Gasteiger partial charge in [0.05, 0.1) is 18.8 Å². The lowest BCUT2D eigenvalue weighted by molar-refractivity contribution is 0.0711. The fourth-order valence-electron chi connectivity index (χ4n) is 7.79. The third kappa shape index (κ3) is 6.32. The van der Waals surface area contributed by atoms with E-state index in [1.54, 1.807) is 4.90 Å². The van der Waals surface area contributed by atoms with Gasteiger partial charge in [-0.3, -0.25) is 9.69 Å². The molecule has 0 bridgehead atoms. The number of aromatic nitrogens is 4. The summed E-state index contributed by atoms with van der Waals surface area (Å²) in [7, 11) is 0. The van der Waals surface area contributed by atoms with E-state index in [1.807, 2.05) is 20.8 Å². The van der Waals surface area contributed by atoms with Gasteiger partial charge < -0.3 is 24.3 Å². The van der Waals surface area contributed by atoms with Crippen molar-refractivity contribution in [1.29, 1.82) is 5.26 Å². The number of carbonyl (C=O) groups excluding carboxylic acids is 1. The maximum atomic E-state index is 14.3. The topological polar surface area (TPSA) is 123 Å². The van der Waals surface area contributed by atoms with Crippen LogP contribution < -0.4 is 9.64 Å². The van der Waals surface area contributed by atoms with Gasteiger partial charge >= 0.3 is 0 Å². The molecule has 2 aromatic carbocycles. The van der Waals surface area contributed by atoms with E-state index >= 15 is 0 Å². The van der Waals surface area contributed by atoms with Crippen molar-refractivity contribution in [3.05, 3.63) is 76.5 Å². The molecule has 2 fully saturated rings. The zero-order valence-corrected chi connectivity index (χ0v) is 29.1. The summed E-state index contributed by atoms with van der Waals surface area (Å²) < 4.78 is 26.0. The SMILES string of the molecule is CCN(C(=O)c1cc(F)ccc1Oc1nncnc1N1CC2(CCN(Cc3ccc4[nH]c(C#N)c(C5=CCOCC5)c4c3C)CC2)C1)C(C)C. The lowest BCUT2D eigenvalue weighted by Gasteiger charge is -2.54. The van der Waals surface area contributed by atoms with Crippen molar-refractivity contribution in [3.63, 3.8) is 0 Å². The van der Waals surface area contributed by atoms with E-state index in [0.717, 1.165) is 68.5 Å². The average molecular weight is 679 g/mol. The fraction of sp³-hybridized carbons (Fsp3) is 0.447. The predicted octanol–water partition coefficient (Wildman–Crippen LogP) is 6.24. The minimum atomic E-state index is -0.514.